The topological polar surface area (TPSA) is 97.3 Å². The number of hydrogen-bond donors (Lipinski definition) is 1. The third-order valence-electron chi connectivity index (χ3n) is 9.08. The van der Waals surface area contributed by atoms with Gasteiger partial charge in [-0.1, -0.05) is 41.5 Å². The van der Waals surface area contributed by atoms with E-state index in [1.807, 2.05) is 4.57 Å². The number of hydrogen-bond acceptors (Lipinski definition) is 7. The Morgan fingerprint density at radius 2 is 1.57 bits per heavy atom. The second-order valence-electron chi connectivity index (χ2n) is 13.5. The zero-order valence-electron chi connectivity index (χ0n) is 23.3. The first-order valence-corrected chi connectivity index (χ1v) is 18.8. The van der Waals surface area contributed by atoms with Crippen LogP contribution in [0.5, 0.6) is 0 Å². The Balaban J connectivity index is 1.74. The summed E-state index contributed by atoms with van der Waals surface area (Å²) in [4.78, 5) is 13.1. The predicted molar refractivity (Wildman–Crippen MR) is 145 cm³/mol. The Kier molecular flexibility index (Phi) is 6.57. The van der Waals surface area contributed by atoms with E-state index in [9.17, 15) is 0 Å². The van der Waals surface area contributed by atoms with Crippen LogP contribution >= 0.6 is 0 Å². The highest BCUT2D eigenvalue weighted by atomic mass is 28.4. The minimum atomic E-state index is -2.06. The zero-order valence-corrected chi connectivity index (χ0v) is 25.3. The minimum absolute atomic E-state index is 0.0117. The molecule has 1 spiro atoms. The van der Waals surface area contributed by atoms with Crippen molar-refractivity contribution in [2.75, 3.05) is 5.73 Å². The van der Waals surface area contributed by atoms with Crippen molar-refractivity contribution in [3.8, 4) is 0 Å². The minimum Gasteiger partial charge on any atom is -0.411 e. The molecule has 10 heteroatoms. The fourth-order valence-corrected chi connectivity index (χ4v) is 7.60. The van der Waals surface area contributed by atoms with Crippen molar-refractivity contribution in [2.45, 2.75) is 128 Å². The molecule has 2 aromatic heterocycles. The van der Waals surface area contributed by atoms with E-state index in [0.29, 0.717) is 17.0 Å². The Morgan fingerprint density at radius 1 is 0.971 bits per heavy atom. The monoisotopic (exact) mass is 519 g/mol. The van der Waals surface area contributed by atoms with Gasteiger partial charge in [0.1, 0.15) is 23.7 Å². The standard InChI is InChI=1S/C25H45N5O3Si2/c1-23(2,3)34(7,8)32-17-12-11-13-25(17)18(33-35(9,10)24(4,5)6)14-19(31-25)30-16-29-20-21(26)27-15-28-22(20)30/h15-19H,11-14H2,1-10H3,(H2,26,27,28)/t17-,18-,19-,25-/m1/s1. The summed E-state index contributed by atoms with van der Waals surface area (Å²) >= 11 is 0. The first kappa shape index (κ1) is 26.7. The van der Waals surface area contributed by atoms with Gasteiger partial charge in [-0.15, -0.1) is 0 Å². The number of rotatable bonds is 5. The Bertz CT molecular complexity index is 1080. The van der Waals surface area contributed by atoms with Gasteiger partial charge >= 0.3 is 0 Å². The van der Waals surface area contributed by atoms with Gasteiger partial charge in [-0.2, -0.15) is 0 Å². The summed E-state index contributed by atoms with van der Waals surface area (Å²) in [6.45, 7) is 23.1. The molecule has 1 saturated heterocycles. The molecule has 0 radical (unpaired) electrons. The highest BCUT2D eigenvalue weighted by molar-refractivity contribution is 6.74. The highest BCUT2D eigenvalue weighted by Crippen LogP contribution is 2.53. The van der Waals surface area contributed by atoms with E-state index in [0.717, 1.165) is 25.7 Å². The number of fused-ring (bicyclic) bond motifs is 1. The van der Waals surface area contributed by atoms with E-state index < -0.39 is 22.2 Å². The van der Waals surface area contributed by atoms with Crippen LogP contribution in [-0.4, -0.2) is 54.0 Å². The van der Waals surface area contributed by atoms with Crippen LogP contribution in [0, 0.1) is 0 Å². The van der Waals surface area contributed by atoms with Crippen LogP contribution in [-0.2, 0) is 13.6 Å². The molecule has 8 nitrogen and oxygen atoms in total. The molecule has 2 aromatic rings. The predicted octanol–water partition coefficient (Wildman–Crippen LogP) is 6.03. The van der Waals surface area contributed by atoms with Gasteiger partial charge in [-0.25, -0.2) is 15.0 Å². The van der Waals surface area contributed by atoms with Crippen molar-refractivity contribution in [1.82, 2.24) is 19.5 Å². The average Bonchev–Trinajstić information content (AvgIpc) is 3.39. The summed E-state index contributed by atoms with van der Waals surface area (Å²) in [5.74, 6) is 0.385. The molecule has 0 unspecified atom stereocenters. The Labute approximate surface area is 212 Å². The number of nitrogens with two attached hydrogens (primary N) is 1. The van der Waals surface area contributed by atoms with Gasteiger partial charge in [-0.05, 0) is 55.5 Å². The van der Waals surface area contributed by atoms with Gasteiger partial charge in [0.2, 0.25) is 0 Å². The molecule has 35 heavy (non-hydrogen) atoms. The molecule has 0 aromatic carbocycles. The van der Waals surface area contributed by atoms with E-state index in [2.05, 4.69) is 82.7 Å². The van der Waals surface area contributed by atoms with Gasteiger partial charge in [-0.3, -0.25) is 4.57 Å². The fourth-order valence-electron chi connectivity index (χ4n) is 4.85. The first-order chi connectivity index (χ1) is 16.0. The first-order valence-electron chi connectivity index (χ1n) is 12.9. The van der Waals surface area contributed by atoms with E-state index in [4.69, 9.17) is 19.3 Å². The van der Waals surface area contributed by atoms with Crippen LogP contribution in [0.2, 0.25) is 36.3 Å². The zero-order chi connectivity index (χ0) is 26.0. The fraction of sp³-hybridized carbons (Fsp3) is 0.800. The summed E-state index contributed by atoms with van der Waals surface area (Å²) in [7, 11) is -4.07. The molecule has 2 aliphatic rings. The Morgan fingerprint density at radius 3 is 2.17 bits per heavy atom. The number of imidazole rings is 1. The van der Waals surface area contributed by atoms with Crippen LogP contribution in [0.3, 0.4) is 0 Å². The van der Waals surface area contributed by atoms with Gasteiger partial charge < -0.3 is 19.3 Å². The molecule has 2 N–H and O–H groups in total. The summed E-state index contributed by atoms with van der Waals surface area (Å²) in [6, 6.07) is 0. The number of ether oxygens (including phenoxy) is 1. The van der Waals surface area contributed by atoms with Gasteiger partial charge in [0.15, 0.2) is 28.1 Å². The van der Waals surface area contributed by atoms with Crippen molar-refractivity contribution in [3.63, 3.8) is 0 Å². The molecule has 1 aliphatic heterocycles. The molecule has 2 fully saturated rings. The quantitative estimate of drug-likeness (QED) is 0.482. The summed E-state index contributed by atoms with van der Waals surface area (Å²) in [5.41, 5.74) is 6.90. The van der Waals surface area contributed by atoms with Crippen LogP contribution in [0.15, 0.2) is 12.7 Å². The second kappa shape index (κ2) is 8.61. The van der Waals surface area contributed by atoms with Crippen molar-refractivity contribution < 1.29 is 13.6 Å². The lowest BCUT2D eigenvalue weighted by atomic mass is 9.93. The number of nitrogens with zero attached hydrogens (tertiary/aromatic N) is 4. The molecule has 1 aliphatic carbocycles. The molecule has 0 amide bonds. The lowest BCUT2D eigenvalue weighted by Gasteiger charge is -2.46. The summed E-state index contributed by atoms with van der Waals surface area (Å²) in [5, 5.41) is 0.226. The molecule has 1 saturated carbocycles. The molecule has 196 valence electrons. The summed E-state index contributed by atoms with van der Waals surface area (Å²) < 4.78 is 23.3. The van der Waals surface area contributed by atoms with Crippen LogP contribution in [0.4, 0.5) is 5.82 Å². The maximum absolute atomic E-state index is 7.15. The maximum atomic E-state index is 7.15. The maximum Gasteiger partial charge on any atom is 0.192 e. The molecular formula is C25H45N5O3Si2. The van der Waals surface area contributed by atoms with E-state index >= 15 is 0 Å². The molecule has 4 atom stereocenters. The van der Waals surface area contributed by atoms with Crippen LogP contribution in [0.25, 0.3) is 11.2 Å². The van der Waals surface area contributed by atoms with Crippen LogP contribution < -0.4 is 5.73 Å². The molecule has 3 heterocycles. The van der Waals surface area contributed by atoms with E-state index in [1.165, 1.54) is 6.33 Å². The van der Waals surface area contributed by atoms with Crippen LogP contribution in [0.1, 0.15) is 73.5 Å². The average molecular weight is 520 g/mol. The highest BCUT2D eigenvalue weighted by Gasteiger charge is 2.61. The summed E-state index contributed by atoms with van der Waals surface area (Å²) in [6.07, 6.45) is 6.72. The van der Waals surface area contributed by atoms with Crippen molar-refractivity contribution in [1.29, 1.82) is 0 Å². The molecule has 4 rings (SSSR count). The van der Waals surface area contributed by atoms with Gasteiger partial charge in [0, 0.05) is 6.42 Å². The van der Waals surface area contributed by atoms with Gasteiger partial charge in [0.25, 0.3) is 0 Å². The molecule has 0 bridgehead atoms. The van der Waals surface area contributed by atoms with E-state index in [1.54, 1.807) is 6.33 Å². The normalized spacial score (nSPS) is 28.5. The van der Waals surface area contributed by atoms with Crippen molar-refractivity contribution >= 4 is 33.6 Å². The Hall–Kier alpha value is -1.34. The van der Waals surface area contributed by atoms with E-state index in [-0.39, 0.29) is 28.5 Å². The lowest BCUT2D eigenvalue weighted by molar-refractivity contribution is -0.141. The number of anilines is 1. The van der Waals surface area contributed by atoms with Crippen molar-refractivity contribution in [2.24, 2.45) is 0 Å². The SMILES string of the molecule is CC(C)(C)[Si](C)(C)O[C@@H]1CCC[C@@]12O[C@@H](n1cnc3c(N)ncnc31)C[C@H]2O[Si](C)(C)C(C)(C)C. The van der Waals surface area contributed by atoms with Crippen molar-refractivity contribution in [3.05, 3.63) is 12.7 Å². The smallest absolute Gasteiger partial charge is 0.192 e. The lowest BCUT2D eigenvalue weighted by Crippen LogP contribution is -2.57. The third-order valence-corrected chi connectivity index (χ3v) is 18.1. The number of nitrogen functional groups attached to an aromatic ring is 1. The number of aromatic nitrogens is 4. The third kappa shape index (κ3) is 4.61. The van der Waals surface area contributed by atoms with Gasteiger partial charge in [0.05, 0.1) is 18.5 Å². The second-order valence-corrected chi connectivity index (χ2v) is 23.0. The largest absolute Gasteiger partial charge is 0.411 e. The molecular weight excluding hydrogens is 474 g/mol.